The maximum atomic E-state index is 13.1. The Balaban J connectivity index is 1.54. The molecule has 3 aromatic rings. The predicted octanol–water partition coefficient (Wildman–Crippen LogP) is 5.18. The largest absolute Gasteiger partial charge is 0.494 e. The number of pyridine rings is 2. The van der Waals surface area contributed by atoms with E-state index in [0.29, 0.717) is 43.8 Å². The minimum absolute atomic E-state index is 0.160. The molecule has 1 fully saturated rings. The lowest BCUT2D eigenvalue weighted by Crippen LogP contribution is -2.14. The number of methoxy groups -OCH3 is 1. The van der Waals surface area contributed by atoms with Crippen LogP contribution in [0.1, 0.15) is 48.7 Å². The number of aryl methyl sites for hydroxylation is 1. The number of aromatic nitrogens is 4. The molecule has 1 amide bonds. The van der Waals surface area contributed by atoms with Crippen molar-refractivity contribution in [3.05, 3.63) is 40.9 Å². The van der Waals surface area contributed by atoms with E-state index in [-0.39, 0.29) is 12.0 Å². The zero-order valence-electron chi connectivity index (χ0n) is 18.1. The highest BCUT2D eigenvalue weighted by Crippen LogP contribution is 2.35. The van der Waals surface area contributed by atoms with E-state index in [0.717, 1.165) is 25.0 Å². The molecule has 0 radical (unpaired) electrons. The molecule has 2 atom stereocenters. The van der Waals surface area contributed by atoms with Crippen molar-refractivity contribution in [2.24, 2.45) is 5.92 Å². The van der Waals surface area contributed by atoms with Gasteiger partial charge in [-0.05, 0) is 55.6 Å². The lowest BCUT2D eigenvalue weighted by Gasteiger charge is -2.13. The van der Waals surface area contributed by atoms with Crippen LogP contribution in [0.5, 0.6) is 10.9 Å². The number of amides is 1. The van der Waals surface area contributed by atoms with E-state index >= 15 is 0 Å². The monoisotopic (exact) mass is 473 g/mol. The summed E-state index contributed by atoms with van der Waals surface area (Å²) in [5.41, 5.74) is 2.39. The number of carbonyl (C=O) groups is 1. The maximum Gasteiger partial charge on any atom is 0.296 e. The minimum Gasteiger partial charge on any atom is -0.494 e. The van der Waals surface area contributed by atoms with Gasteiger partial charge in [-0.2, -0.15) is 0 Å². The Hall–Kier alpha value is -2.78. The Morgan fingerprint density at radius 2 is 2.06 bits per heavy atom. The van der Waals surface area contributed by atoms with E-state index in [2.05, 4.69) is 32.4 Å². The van der Waals surface area contributed by atoms with Crippen molar-refractivity contribution in [3.8, 4) is 22.1 Å². The van der Waals surface area contributed by atoms with Gasteiger partial charge >= 0.3 is 0 Å². The molecule has 168 valence electrons. The number of carbonyl (C=O) groups excluding carboxylic acids is 1. The van der Waals surface area contributed by atoms with E-state index < -0.39 is 0 Å². The molecule has 1 N–H and O–H groups in total. The molecule has 0 aliphatic heterocycles. The molecular weight excluding hydrogens is 450 g/mol. The number of hydrogen-bond donors (Lipinski definition) is 1. The quantitative estimate of drug-likeness (QED) is 0.472. The fourth-order valence-corrected chi connectivity index (χ4v) is 4.69. The van der Waals surface area contributed by atoms with Gasteiger partial charge in [-0.15, -0.1) is 5.10 Å². The number of hydrogen-bond acceptors (Lipinski definition) is 8. The van der Waals surface area contributed by atoms with E-state index in [1.54, 1.807) is 6.07 Å². The molecule has 3 aromatic heterocycles. The Morgan fingerprint density at radius 1 is 1.22 bits per heavy atom. The summed E-state index contributed by atoms with van der Waals surface area (Å²) in [6.45, 7) is 4.05. The number of anilines is 1. The molecular formula is C22H24ClN5O3S. The van der Waals surface area contributed by atoms with Crippen LogP contribution in [0.2, 0.25) is 5.15 Å². The molecule has 0 saturated heterocycles. The number of rotatable bonds is 7. The van der Waals surface area contributed by atoms with Gasteiger partial charge in [0.1, 0.15) is 17.0 Å². The third-order valence-electron chi connectivity index (χ3n) is 5.59. The highest BCUT2D eigenvalue weighted by molar-refractivity contribution is 7.17. The van der Waals surface area contributed by atoms with Gasteiger partial charge < -0.3 is 9.47 Å². The predicted molar refractivity (Wildman–Crippen MR) is 124 cm³/mol. The first-order valence-corrected chi connectivity index (χ1v) is 11.6. The number of nitrogens with zero attached hydrogens (tertiary/aromatic N) is 4. The molecule has 4 rings (SSSR count). The summed E-state index contributed by atoms with van der Waals surface area (Å²) in [5.74, 6) is 0.845. The molecule has 1 aliphatic rings. The van der Waals surface area contributed by atoms with Gasteiger partial charge in [0.2, 0.25) is 5.13 Å². The molecule has 32 heavy (non-hydrogen) atoms. The van der Waals surface area contributed by atoms with Crippen molar-refractivity contribution in [1.82, 2.24) is 20.2 Å². The normalized spacial score (nSPS) is 17.9. The van der Waals surface area contributed by atoms with E-state index in [1.807, 2.05) is 13.0 Å². The van der Waals surface area contributed by atoms with Crippen molar-refractivity contribution in [3.63, 3.8) is 0 Å². The molecule has 1 aliphatic carbocycles. The van der Waals surface area contributed by atoms with Crippen LogP contribution < -0.4 is 14.8 Å². The highest BCUT2D eigenvalue weighted by Gasteiger charge is 2.26. The third kappa shape index (κ3) is 4.99. The zero-order valence-corrected chi connectivity index (χ0v) is 19.7. The van der Waals surface area contributed by atoms with Gasteiger partial charge in [-0.25, -0.2) is 4.98 Å². The Kier molecular flexibility index (Phi) is 6.86. The second-order valence-electron chi connectivity index (χ2n) is 7.73. The zero-order chi connectivity index (χ0) is 22.7. The van der Waals surface area contributed by atoms with E-state index in [4.69, 9.17) is 21.1 Å². The first-order valence-electron chi connectivity index (χ1n) is 10.4. The Morgan fingerprint density at radius 3 is 2.81 bits per heavy atom. The second kappa shape index (κ2) is 9.79. The minimum atomic E-state index is -0.364. The third-order valence-corrected chi connectivity index (χ3v) is 6.53. The first-order chi connectivity index (χ1) is 15.5. The van der Waals surface area contributed by atoms with Crippen LogP contribution in [0.4, 0.5) is 5.13 Å². The van der Waals surface area contributed by atoms with Crippen molar-refractivity contribution >= 4 is 34.0 Å². The summed E-state index contributed by atoms with van der Waals surface area (Å²) >= 11 is 7.32. The number of nitrogens with one attached hydrogen (secondary N) is 1. The van der Waals surface area contributed by atoms with Crippen LogP contribution >= 0.6 is 22.9 Å². The second-order valence-corrected chi connectivity index (χ2v) is 9.06. The summed E-state index contributed by atoms with van der Waals surface area (Å²) < 4.78 is 11.4. The van der Waals surface area contributed by atoms with Crippen molar-refractivity contribution in [1.29, 1.82) is 0 Å². The molecule has 0 bridgehead atoms. The van der Waals surface area contributed by atoms with Crippen molar-refractivity contribution in [2.45, 2.75) is 45.6 Å². The molecule has 3 heterocycles. The van der Waals surface area contributed by atoms with Gasteiger partial charge in [-0.1, -0.05) is 30.0 Å². The molecule has 0 aromatic carbocycles. The lowest BCUT2D eigenvalue weighted by molar-refractivity contribution is 0.102. The molecule has 1 unspecified atom stereocenters. The number of ether oxygens (including phenoxy) is 2. The van der Waals surface area contributed by atoms with Crippen molar-refractivity contribution in [2.75, 3.05) is 12.4 Å². The number of halogens is 1. The van der Waals surface area contributed by atoms with Gasteiger partial charge in [-0.3, -0.25) is 15.1 Å². The molecule has 0 spiro atoms. The van der Waals surface area contributed by atoms with Gasteiger partial charge in [0.05, 0.1) is 18.9 Å². The molecule has 1 saturated carbocycles. The standard InChI is InChI=1S/C22H24ClN5O3S/c1-4-13-5-6-14(8-13)31-22-28-27-21(32-22)26-20(29)17-10-24-12(2)7-15(17)16-9-19(23)25-11-18(16)30-3/h7,9-11,13-14H,4-6,8H2,1-3H3,(H,26,27,29)/t13-,14?/m1/s1. The van der Waals surface area contributed by atoms with Crippen LogP contribution in [0.25, 0.3) is 11.1 Å². The van der Waals surface area contributed by atoms with Crippen molar-refractivity contribution < 1.29 is 14.3 Å². The van der Waals surface area contributed by atoms with Gasteiger partial charge in [0.25, 0.3) is 11.1 Å². The average molecular weight is 474 g/mol. The first kappa shape index (κ1) is 22.4. The average Bonchev–Trinajstić information content (AvgIpc) is 3.43. The Bertz CT molecular complexity index is 1120. The van der Waals surface area contributed by atoms with Crippen LogP contribution in [0.3, 0.4) is 0 Å². The molecule has 10 heteroatoms. The summed E-state index contributed by atoms with van der Waals surface area (Å²) in [4.78, 5) is 21.4. The highest BCUT2D eigenvalue weighted by atomic mass is 35.5. The van der Waals surface area contributed by atoms with E-state index in [1.165, 1.54) is 37.3 Å². The summed E-state index contributed by atoms with van der Waals surface area (Å²) in [7, 11) is 1.54. The fraction of sp³-hybridized carbons (Fsp3) is 0.409. The van der Waals surface area contributed by atoms with Crippen LogP contribution in [0.15, 0.2) is 24.5 Å². The lowest BCUT2D eigenvalue weighted by atomic mass is 10.0. The Labute approximate surface area is 195 Å². The van der Waals surface area contributed by atoms with Crippen LogP contribution in [-0.2, 0) is 0 Å². The molecule has 8 nitrogen and oxygen atoms in total. The van der Waals surface area contributed by atoms with Gasteiger partial charge in [0.15, 0.2) is 0 Å². The van der Waals surface area contributed by atoms with Crippen LogP contribution in [-0.4, -0.2) is 39.3 Å². The van der Waals surface area contributed by atoms with E-state index in [9.17, 15) is 4.79 Å². The summed E-state index contributed by atoms with van der Waals surface area (Å²) in [6.07, 6.45) is 7.60. The summed E-state index contributed by atoms with van der Waals surface area (Å²) in [6, 6.07) is 3.47. The van der Waals surface area contributed by atoms with Gasteiger partial charge in [0, 0.05) is 23.0 Å². The smallest absolute Gasteiger partial charge is 0.296 e. The fourth-order valence-electron chi connectivity index (χ4n) is 3.88. The maximum absolute atomic E-state index is 13.1. The van der Waals surface area contributed by atoms with Crippen LogP contribution in [0, 0.1) is 12.8 Å². The summed E-state index contributed by atoms with van der Waals surface area (Å²) in [5, 5.41) is 12.1. The topological polar surface area (TPSA) is 99.1 Å². The SMILES string of the molecule is CC[C@@H]1CCC(Oc2nnc(NC(=O)c3cnc(C)cc3-c3cc(Cl)ncc3OC)s2)C1.